The smallest absolute Gasteiger partial charge is 0.226 e. The monoisotopic (exact) mass is 396 g/mol. The van der Waals surface area contributed by atoms with Crippen LogP contribution in [0.1, 0.15) is 12.8 Å². The number of nitrogens with one attached hydrogen (secondary N) is 2. The van der Waals surface area contributed by atoms with E-state index in [0.29, 0.717) is 18.9 Å². The fourth-order valence-corrected chi connectivity index (χ4v) is 3.04. The number of likely N-dealkylation sites (tertiary alicyclic amines) is 1. The second kappa shape index (κ2) is 9.64. The topological polar surface area (TPSA) is 66.0 Å². The van der Waals surface area contributed by atoms with Crippen LogP contribution >= 0.6 is 15.9 Å². The van der Waals surface area contributed by atoms with Gasteiger partial charge in [-0.2, -0.15) is 0 Å². The molecule has 0 aromatic heterocycles. The van der Waals surface area contributed by atoms with Crippen molar-refractivity contribution in [1.29, 1.82) is 0 Å². The molecule has 0 bridgehead atoms. The summed E-state index contributed by atoms with van der Waals surface area (Å²) in [6, 6.07) is 7.54. The Morgan fingerprint density at radius 3 is 2.83 bits per heavy atom. The van der Waals surface area contributed by atoms with Gasteiger partial charge < -0.3 is 20.3 Å². The number of hydrogen-bond donors (Lipinski definition) is 2. The molecular weight excluding hydrogens is 372 g/mol. The summed E-state index contributed by atoms with van der Waals surface area (Å²) in [5.41, 5.74) is 0.800. The van der Waals surface area contributed by atoms with Crippen LogP contribution in [0.3, 0.4) is 0 Å². The summed E-state index contributed by atoms with van der Waals surface area (Å²) in [5.74, 6) is 1.39. The number of carbonyl (C=O) groups is 1. The van der Waals surface area contributed by atoms with Crippen molar-refractivity contribution in [2.45, 2.75) is 12.8 Å². The van der Waals surface area contributed by atoms with Crippen LogP contribution in [0.5, 0.6) is 0 Å². The Morgan fingerprint density at radius 1 is 1.42 bits per heavy atom. The molecule has 24 heavy (non-hydrogen) atoms. The molecule has 1 aliphatic rings. The lowest BCUT2D eigenvalue weighted by atomic mass is 10.1. The van der Waals surface area contributed by atoms with Gasteiger partial charge in [-0.25, -0.2) is 0 Å². The van der Waals surface area contributed by atoms with Gasteiger partial charge in [0.05, 0.1) is 6.61 Å². The Bertz CT molecular complexity index is 562. The number of hydrogen-bond acceptors (Lipinski definition) is 3. The highest BCUT2D eigenvalue weighted by Crippen LogP contribution is 2.16. The molecule has 0 saturated carbocycles. The average molecular weight is 397 g/mol. The Hall–Kier alpha value is -1.60. The first-order chi connectivity index (χ1) is 11.6. The van der Waals surface area contributed by atoms with Crippen molar-refractivity contribution < 1.29 is 9.53 Å². The summed E-state index contributed by atoms with van der Waals surface area (Å²) >= 11 is 3.38. The number of nitrogens with zero attached hydrogens (tertiary/aromatic N) is 2. The predicted octanol–water partition coefficient (Wildman–Crippen LogP) is 2.32. The summed E-state index contributed by atoms with van der Waals surface area (Å²) < 4.78 is 6.21. The fraction of sp³-hybridized carbons (Fsp3) is 0.529. The van der Waals surface area contributed by atoms with Gasteiger partial charge in [0.15, 0.2) is 5.96 Å². The standard InChI is InChI=1S/C17H25BrN4O2/c1-19-17(22-10-8-13(11-22)12-24-2)20-9-7-16(23)21-15-5-3-14(18)4-6-15/h3-6,13H,7-12H2,1-2H3,(H,19,20)(H,21,23). The third-order valence-electron chi connectivity index (χ3n) is 3.96. The number of ether oxygens (including phenoxy) is 1. The first kappa shape index (κ1) is 18.7. The van der Waals surface area contributed by atoms with E-state index in [0.717, 1.165) is 42.2 Å². The van der Waals surface area contributed by atoms with Crippen molar-refractivity contribution in [2.24, 2.45) is 10.9 Å². The van der Waals surface area contributed by atoms with Crippen LogP contribution < -0.4 is 10.6 Å². The predicted molar refractivity (Wildman–Crippen MR) is 100 cm³/mol. The van der Waals surface area contributed by atoms with Gasteiger partial charge in [-0.1, -0.05) is 15.9 Å². The summed E-state index contributed by atoms with van der Waals surface area (Å²) in [6.45, 7) is 3.25. The maximum Gasteiger partial charge on any atom is 0.226 e. The number of guanidine groups is 1. The van der Waals surface area contributed by atoms with Gasteiger partial charge in [0.2, 0.25) is 5.91 Å². The second-order valence-electron chi connectivity index (χ2n) is 5.84. The number of methoxy groups -OCH3 is 1. The van der Waals surface area contributed by atoms with Gasteiger partial charge in [-0.05, 0) is 30.7 Å². The quantitative estimate of drug-likeness (QED) is 0.571. The Balaban J connectivity index is 1.72. The lowest BCUT2D eigenvalue weighted by Crippen LogP contribution is -2.41. The Labute approximate surface area is 151 Å². The molecule has 132 valence electrons. The van der Waals surface area contributed by atoms with Crippen LogP contribution in [0.4, 0.5) is 5.69 Å². The van der Waals surface area contributed by atoms with Crippen molar-refractivity contribution in [2.75, 3.05) is 45.7 Å². The summed E-state index contributed by atoms with van der Waals surface area (Å²) in [4.78, 5) is 18.5. The van der Waals surface area contributed by atoms with Crippen LogP contribution in [-0.2, 0) is 9.53 Å². The van der Waals surface area contributed by atoms with Gasteiger partial charge in [0, 0.05) is 56.3 Å². The minimum absolute atomic E-state index is 0.0149. The zero-order chi connectivity index (χ0) is 17.4. The highest BCUT2D eigenvalue weighted by Gasteiger charge is 2.24. The SMILES string of the molecule is CN=C(NCCC(=O)Nc1ccc(Br)cc1)N1CCC(COC)C1. The van der Waals surface area contributed by atoms with Crippen LogP contribution in [0.15, 0.2) is 33.7 Å². The number of anilines is 1. The minimum Gasteiger partial charge on any atom is -0.384 e. The van der Waals surface area contributed by atoms with Gasteiger partial charge >= 0.3 is 0 Å². The van der Waals surface area contributed by atoms with E-state index in [2.05, 4.69) is 36.5 Å². The van der Waals surface area contributed by atoms with Gasteiger partial charge in [-0.3, -0.25) is 9.79 Å². The highest BCUT2D eigenvalue weighted by molar-refractivity contribution is 9.10. The van der Waals surface area contributed by atoms with Crippen LogP contribution in [0.2, 0.25) is 0 Å². The zero-order valence-electron chi connectivity index (χ0n) is 14.2. The van der Waals surface area contributed by atoms with E-state index in [1.807, 2.05) is 24.3 Å². The number of amides is 1. The van der Waals surface area contributed by atoms with Crippen LogP contribution in [0, 0.1) is 5.92 Å². The number of carbonyl (C=O) groups excluding carboxylic acids is 1. The van der Waals surface area contributed by atoms with Gasteiger partial charge in [-0.15, -0.1) is 0 Å². The van der Waals surface area contributed by atoms with Crippen molar-refractivity contribution in [1.82, 2.24) is 10.2 Å². The molecule has 0 radical (unpaired) electrons. The minimum atomic E-state index is -0.0149. The second-order valence-corrected chi connectivity index (χ2v) is 6.75. The van der Waals surface area contributed by atoms with Crippen molar-refractivity contribution in [3.63, 3.8) is 0 Å². The van der Waals surface area contributed by atoms with Crippen LogP contribution in [0.25, 0.3) is 0 Å². The van der Waals surface area contributed by atoms with Crippen LogP contribution in [-0.4, -0.2) is 57.2 Å². The molecule has 2 rings (SSSR count). The molecule has 1 aromatic rings. The van der Waals surface area contributed by atoms with E-state index in [9.17, 15) is 4.79 Å². The average Bonchev–Trinajstić information content (AvgIpc) is 3.02. The lowest BCUT2D eigenvalue weighted by Gasteiger charge is -2.21. The van der Waals surface area contributed by atoms with E-state index in [-0.39, 0.29) is 5.91 Å². The number of halogens is 1. The summed E-state index contributed by atoms with van der Waals surface area (Å²) in [6.07, 6.45) is 1.50. The van der Waals surface area contributed by atoms with Gasteiger partial charge in [0.25, 0.3) is 0 Å². The number of aliphatic imine (C=N–C) groups is 1. The zero-order valence-corrected chi connectivity index (χ0v) is 15.8. The highest BCUT2D eigenvalue weighted by atomic mass is 79.9. The molecule has 1 amide bonds. The molecule has 1 aromatic carbocycles. The molecule has 0 spiro atoms. The van der Waals surface area contributed by atoms with E-state index in [4.69, 9.17) is 4.74 Å². The van der Waals surface area contributed by atoms with E-state index in [1.54, 1.807) is 14.2 Å². The molecule has 0 aliphatic carbocycles. The lowest BCUT2D eigenvalue weighted by molar-refractivity contribution is -0.116. The molecule has 1 aliphatic heterocycles. The third kappa shape index (κ3) is 5.79. The number of benzene rings is 1. The Morgan fingerprint density at radius 2 is 2.17 bits per heavy atom. The van der Waals surface area contributed by atoms with E-state index >= 15 is 0 Å². The summed E-state index contributed by atoms with van der Waals surface area (Å²) in [5, 5.41) is 6.15. The molecule has 2 N–H and O–H groups in total. The largest absolute Gasteiger partial charge is 0.384 e. The summed E-state index contributed by atoms with van der Waals surface area (Å²) in [7, 11) is 3.51. The van der Waals surface area contributed by atoms with Gasteiger partial charge in [0.1, 0.15) is 0 Å². The number of rotatable bonds is 6. The fourth-order valence-electron chi connectivity index (χ4n) is 2.77. The van der Waals surface area contributed by atoms with Crippen molar-refractivity contribution in [3.8, 4) is 0 Å². The first-order valence-corrected chi connectivity index (χ1v) is 8.91. The maximum atomic E-state index is 12.0. The molecule has 1 unspecified atom stereocenters. The molecule has 6 nitrogen and oxygen atoms in total. The molecule has 1 saturated heterocycles. The van der Waals surface area contributed by atoms with E-state index in [1.165, 1.54) is 0 Å². The molecule has 7 heteroatoms. The molecule has 1 fully saturated rings. The maximum absolute atomic E-state index is 12.0. The first-order valence-electron chi connectivity index (χ1n) is 8.12. The van der Waals surface area contributed by atoms with Crippen molar-refractivity contribution >= 4 is 33.5 Å². The Kier molecular flexibility index (Phi) is 7.52. The normalized spacial score (nSPS) is 17.9. The van der Waals surface area contributed by atoms with Crippen molar-refractivity contribution in [3.05, 3.63) is 28.7 Å². The van der Waals surface area contributed by atoms with E-state index < -0.39 is 0 Å². The third-order valence-corrected chi connectivity index (χ3v) is 4.49. The molecule has 1 heterocycles. The molecule has 1 atom stereocenters. The molecular formula is C17H25BrN4O2.